The van der Waals surface area contributed by atoms with Gasteiger partial charge in [0.15, 0.2) is 11.5 Å². The summed E-state index contributed by atoms with van der Waals surface area (Å²) in [5, 5.41) is 6.96. The molecule has 1 saturated heterocycles. The summed E-state index contributed by atoms with van der Waals surface area (Å²) in [6.45, 7) is 6.85. The highest BCUT2D eigenvalue weighted by Crippen LogP contribution is 2.31. The number of methoxy groups -OCH3 is 1. The lowest BCUT2D eigenvalue weighted by atomic mass is 9.98. The van der Waals surface area contributed by atoms with Gasteiger partial charge in [0.25, 0.3) is 0 Å². The third kappa shape index (κ3) is 6.21. The summed E-state index contributed by atoms with van der Waals surface area (Å²) in [5.74, 6) is 2.47. The van der Waals surface area contributed by atoms with Crippen LogP contribution in [-0.4, -0.2) is 33.4 Å². The van der Waals surface area contributed by atoms with E-state index in [2.05, 4.69) is 16.7 Å². The first-order chi connectivity index (χ1) is 9.85. The highest BCUT2D eigenvalue weighted by atomic mass is 35.5. The summed E-state index contributed by atoms with van der Waals surface area (Å²) in [5.41, 5.74) is 1.17. The SMILES string of the molecule is CCOc1c(CNCC2CCNCC2)cccc1OC.[Cl-].[Cl-]. The molecular weight excluding hydrogens is 323 g/mol. The zero-order valence-corrected chi connectivity index (χ0v) is 14.8. The van der Waals surface area contributed by atoms with E-state index in [9.17, 15) is 0 Å². The van der Waals surface area contributed by atoms with Crippen molar-refractivity contribution in [3.05, 3.63) is 23.8 Å². The lowest BCUT2D eigenvalue weighted by molar-refractivity contribution is -0.001000. The molecule has 1 aromatic carbocycles. The second kappa shape index (κ2) is 11.8. The van der Waals surface area contributed by atoms with Crippen LogP contribution in [0.4, 0.5) is 0 Å². The van der Waals surface area contributed by atoms with Crippen molar-refractivity contribution < 1.29 is 34.3 Å². The van der Waals surface area contributed by atoms with Crippen LogP contribution >= 0.6 is 0 Å². The molecule has 0 amide bonds. The smallest absolute Gasteiger partial charge is 0.165 e. The zero-order valence-electron chi connectivity index (χ0n) is 13.3. The Morgan fingerprint density at radius 3 is 2.59 bits per heavy atom. The molecule has 0 bridgehead atoms. The summed E-state index contributed by atoms with van der Waals surface area (Å²) in [6.07, 6.45) is 2.53. The van der Waals surface area contributed by atoms with E-state index in [0.717, 1.165) is 43.6 Å². The van der Waals surface area contributed by atoms with Gasteiger partial charge in [-0.3, -0.25) is 0 Å². The molecule has 1 aliphatic heterocycles. The van der Waals surface area contributed by atoms with Crippen LogP contribution in [-0.2, 0) is 6.54 Å². The normalized spacial score (nSPS) is 14.6. The largest absolute Gasteiger partial charge is 1.00 e. The van der Waals surface area contributed by atoms with Crippen molar-refractivity contribution >= 4 is 0 Å². The predicted octanol–water partition coefficient (Wildman–Crippen LogP) is -3.81. The van der Waals surface area contributed by atoms with Crippen LogP contribution in [0, 0.1) is 5.92 Å². The van der Waals surface area contributed by atoms with Crippen molar-refractivity contribution in [3.8, 4) is 11.5 Å². The molecule has 22 heavy (non-hydrogen) atoms. The van der Waals surface area contributed by atoms with Crippen molar-refractivity contribution in [1.29, 1.82) is 0 Å². The Morgan fingerprint density at radius 2 is 1.95 bits per heavy atom. The molecule has 1 fully saturated rings. The fourth-order valence-electron chi connectivity index (χ4n) is 2.67. The van der Waals surface area contributed by atoms with E-state index in [-0.39, 0.29) is 24.8 Å². The minimum atomic E-state index is 0. The van der Waals surface area contributed by atoms with E-state index < -0.39 is 0 Å². The fraction of sp³-hybridized carbons (Fsp3) is 0.625. The minimum Gasteiger partial charge on any atom is -1.00 e. The van der Waals surface area contributed by atoms with Crippen LogP contribution < -0.4 is 44.9 Å². The van der Waals surface area contributed by atoms with Gasteiger partial charge in [0.2, 0.25) is 0 Å². The summed E-state index contributed by atoms with van der Waals surface area (Å²) >= 11 is 0. The van der Waals surface area contributed by atoms with Gasteiger partial charge in [0, 0.05) is 12.1 Å². The van der Waals surface area contributed by atoms with Crippen LogP contribution in [0.15, 0.2) is 18.2 Å². The van der Waals surface area contributed by atoms with Gasteiger partial charge in [0.1, 0.15) is 0 Å². The third-order valence-electron chi connectivity index (χ3n) is 3.78. The Hall–Kier alpha value is -0.680. The maximum atomic E-state index is 5.73. The average molecular weight is 349 g/mol. The van der Waals surface area contributed by atoms with E-state index >= 15 is 0 Å². The van der Waals surface area contributed by atoms with Gasteiger partial charge in [0.05, 0.1) is 13.7 Å². The molecule has 1 heterocycles. The lowest BCUT2D eigenvalue weighted by Gasteiger charge is -2.23. The number of hydrogen-bond acceptors (Lipinski definition) is 4. The number of para-hydroxylation sites is 1. The number of nitrogens with one attached hydrogen (secondary N) is 2. The Balaban J connectivity index is 0.00000220. The lowest BCUT2D eigenvalue weighted by Crippen LogP contribution is -3.00. The van der Waals surface area contributed by atoms with Gasteiger partial charge < -0.3 is 44.9 Å². The molecule has 0 aliphatic carbocycles. The molecule has 1 aliphatic rings. The maximum absolute atomic E-state index is 5.73. The molecule has 6 heteroatoms. The molecule has 0 saturated carbocycles. The summed E-state index contributed by atoms with van der Waals surface area (Å²) in [6, 6.07) is 6.06. The average Bonchev–Trinajstić information content (AvgIpc) is 2.50. The van der Waals surface area contributed by atoms with Gasteiger partial charge >= 0.3 is 0 Å². The highest BCUT2D eigenvalue weighted by Gasteiger charge is 2.14. The van der Waals surface area contributed by atoms with E-state index in [1.165, 1.54) is 18.4 Å². The van der Waals surface area contributed by atoms with Gasteiger partial charge in [-0.15, -0.1) is 0 Å². The Kier molecular flexibility index (Phi) is 11.5. The fourth-order valence-corrected chi connectivity index (χ4v) is 2.67. The molecule has 4 nitrogen and oxygen atoms in total. The molecular formula is C16H26Cl2N2O2-2. The van der Waals surface area contributed by atoms with Gasteiger partial charge in [-0.25, -0.2) is 0 Å². The highest BCUT2D eigenvalue weighted by molar-refractivity contribution is 5.46. The molecule has 0 aromatic heterocycles. The molecule has 1 aromatic rings. The molecule has 0 spiro atoms. The number of ether oxygens (including phenoxy) is 2. The second-order valence-electron chi connectivity index (χ2n) is 5.21. The van der Waals surface area contributed by atoms with E-state index in [1.54, 1.807) is 7.11 Å². The monoisotopic (exact) mass is 348 g/mol. The number of benzene rings is 1. The standard InChI is InChI=1S/C16H26N2O2.2ClH/c1-3-20-16-14(5-4-6-15(16)19-2)12-18-11-13-7-9-17-10-8-13;;/h4-6,13,17-18H,3,7-12H2,1-2H3;2*1H/p-2. The van der Waals surface area contributed by atoms with Crippen molar-refractivity contribution in [2.24, 2.45) is 5.92 Å². The Bertz CT molecular complexity index is 413. The van der Waals surface area contributed by atoms with E-state index in [0.29, 0.717) is 6.61 Å². The number of rotatable bonds is 7. The quantitative estimate of drug-likeness (QED) is 0.530. The summed E-state index contributed by atoms with van der Waals surface area (Å²) in [7, 11) is 1.68. The van der Waals surface area contributed by atoms with Crippen molar-refractivity contribution in [1.82, 2.24) is 10.6 Å². The topological polar surface area (TPSA) is 42.5 Å². The van der Waals surface area contributed by atoms with Crippen LogP contribution in [0.3, 0.4) is 0 Å². The Labute approximate surface area is 146 Å². The predicted molar refractivity (Wildman–Crippen MR) is 81.5 cm³/mol. The van der Waals surface area contributed by atoms with Crippen molar-refractivity contribution in [3.63, 3.8) is 0 Å². The third-order valence-corrected chi connectivity index (χ3v) is 3.78. The number of piperidine rings is 1. The molecule has 0 atom stereocenters. The van der Waals surface area contributed by atoms with Crippen molar-refractivity contribution in [2.75, 3.05) is 33.4 Å². The summed E-state index contributed by atoms with van der Waals surface area (Å²) in [4.78, 5) is 0. The van der Waals surface area contributed by atoms with Crippen LogP contribution in [0.1, 0.15) is 25.3 Å². The molecule has 0 radical (unpaired) electrons. The first-order valence-corrected chi connectivity index (χ1v) is 7.55. The maximum Gasteiger partial charge on any atom is 0.165 e. The Morgan fingerprint density at radius 1 is 1.23 bits per heavy atom. The minimum absolute atomic E-state index is 0. The van der Waals surface area contributed by atoms with Crippen molar-refractivity contribution in [2.45, 2.75) is 26.3 Å². The molecule has 128 valence electrons. The van der Waals surface area contributed by atoms with Crippen LogP contribution in [0.25, 0.3) is 0 Å². The van der Waals surface area contributed by atoms with Crippen LogP contribution in [0.2, 0.25) is 0 Å². The number of hydrogen-bond donors (Lipinski definition) is 2. The van der Waals surface area contributed by atoms with Gasteiger partial charge in [-0.1, -0.05) is 12.1 Å². The molecule has 0 unspecified atom stereocenters. The molecule has 2 rings (SSSR count). The summed E-state index contributed by atoms with van der Waals surface area (Å²) < 4.78 is 11.1. The first kappa shape index (κ1) is 21.3. The van der Waals surface area contributed by atoms with Gasteiger partial charge in [-0.2, -0.15) is 0 Å². The van der Waals surface area contributed by atoms with E-state index in [1.807, 2.05) is 19.1 Å². The number of halogens is 2. The van der Waals surface area contributed by atoms with Gasteiger partial charge in [-0.05, 0) is 51.4 Å². The van der Waals surface area contributed by atoms with E-state index in [4.69, 9.17) is 9.47 Å². The zero-order chi connectivity index (χ0) is 14.2. The molecule has 2 N–H and O–H groups in total. The first-order valence-electron chi connectivity index (χ1n) is 7.55. The van der Waals surface area contributed by atoms with Crippen LogP contribution in [0.5, 0.6) is 11.5 Å². The second-order valence-corrected chi connectivity index (χ2v) is 5.21.